The fourth-order valence-electron chi connectivity index (χ4n) is 1.87. The van der Waals surface area contributed by atoms with Crippen LogP contribution < -0.4 is 5.32 Å². The lowest BCUT2D eigenvalue weighted by atomic mass is 10.1. The van der Waals surface area contributed by atoms with E-state index in [9.17, 15) is 15.0 Å². The largest absolute Gasteiger partial charge is 0.387 e. The molecule has 2 aromatic carbocycles. The monoisotopic (exact) mass is 271 g/mol. The number of aliphatic hydroxyl groups is 2. The molecule has 3 N–H and O–H groups in total. The van der Waals surface area contributed by atoms with Gasteiger partial charge < -0.3 is 15.5 Å². The molecule has 0 saturated carbocycles. The summed E-state index contributed by atoms with van der Waals surface area (Å²) in [6, 6.07) is 17.7. The minimum absolute atomic E-state index is 0.0622. The molecule has 0 aliphatic rings. The highest BCUT2D eigenvalue weighted by molar-refractivity contribution is 5.81. The molecule has 104 valence electrons. The minimum Gasteiger partial charge on any atom is -0.387 e. The maximum atomic E-state index is 11.8. The molecule has 0 bridgehead atoms. The smallest absolute Gasteiger partial charge is 0.253 e. The summed E-state index contributed by atoms with van der Waals surface area (Å²) in [6.45, 7) is 0.0622. The van der Waals surface area contributed by atoms with E-state index in [1.54, 1.807) is 36.4 Å². The minimum atomic E-state index is -1.22. The van der Waals surface area contributed by atoms with Crippen molar-refractivity contribution < 1.29 is 15.0 Å². The fraction of sp³-hybridized carbons (Fsp3) is 0.188. The number of rotatable bonds is 5. The Morgan fingerprint density at radius 2 is 1.40 bits per heavy atom. The normalized spacial score (nSPS) is 13.5. The van der Waals surface area contributed by atoms with Crippen LogP contribution >= 0.6 is 0 Å². The average molecular weight is 271 g/mol. The van der Waals surface area contributed by atoms with Crippen LogP contribution in [0.5, 0.6) is 0 Å². The van der Waals surface area contributed by atoms with Gasteiger partial charge in [0, 0.05) is 6.54 Å². The van der Waals surface area contributed by atoms with E-state index in [2.05, 4.69) is 5.32 Å². The number of hydrogen-bond acceptors (Lipinski definition) is 3. The number of hydrogen-bond donors (Lipinski definition) is 3. The summed E-state index contributed by atoms with van der Waals surface area (Å²) in [6.07, 6.45) is -2.01. The molecular weight excluding hydrogens is 254 g/mol. The third kappa shape index (κ3) is 3.66. The third-order valence-corrected chi connectivity index (χ3v) is 3.02. The second-order valence-corrected chi connectivity index (χ2v) is 4.48. The Balaban J connectivity index is 1.89. The van der Waals surface area contributed by atoms with Crippen molar-refractivity contribution in [3.63, 3.8) is 0 Å². The summed E-state index contributed by atoms with van der Waals surface area (Å²) < 4.78 is 0. The molecule has 0 radical (unpaired) electrons. The lowest BCUT2D eigenvalue weighted by molar-refractivity contribution is -0.130. The molecule has 2 atom stereocenters. The summed E-state index contributed by atoms with van der Waals surface area (Å²) >= 11 is 0. The molecule has 1 amide bonds. The number of carbonyl (C=O) groups is 1. The van der Waals surface area contributed by atoms with E-state index in [0.29, 0.717) is 5.56 Å². The van der Waals surface area contributed by atoms with E-state index < -0.39 is 18.1 Å². The van der Waals surface area contributed by atoms with Crippen LogP contribution in [0.4, 0.5) is 0 Å². The fourth-order valence-corrected chi connectivity index (χ4v) is 1.87. The van der Waals surface area contributed by atoms with Crippen LogP contribution in [0.25, 0.3) is 0 Å². The van der Waals surface area contributed by atoms with Crippen molar-refractivity contribution in [2.45, 2.75) is 12.2 Å². The molecule has 0 aliphatic carbocycles. The Labute approximate surface area is 117 Å². The van der Waals surface area contributed by atoms with Gasteiger partial charge in [0.1, 0.15) is 0 Å². The zero-order valence-corrected chi connectivity index (χ0v) is 10.9. The van der Waals surface area contributed by atoms with Gasteiger partial charge in [0.05, 0.1) is 6.10 Å². The predicted molar refractivity (Wildman–Crippen MR) is 75.8 cm³/mol. The first-order valence-electron chi connectivity index (χ1n) is 6.42. The van der Waals surface area contributed by atoms with E-state index in [4.69, 9.17) is 0 Å². The SMILES string of the molecule is O=C(NC[C@H](O)c1ccccc1)[C@H](O)c1ccccc1. The molecule has 0 heterocycles. The van der Waals surface area contributed by atoms with E-state index in [0.717, 1.165) is 5.56 Å². The van der Waals surface area contributed by atoms with Gasteiger partial charge in [0.2, 0.25) is 0 Å². The van der Waals surface area contributed by atoms with Crippen molar-refractivity contribution in [2.75, 3.05) is 6.54 Å². The van der Waals surface area contributed by atoms with Gasteiger partial charge in [-0.3, -0.25) is 4.79 Å². The van der Waals surface area contributed by atoms with Crippen molar-refractivity contribution in [2.24, 2.45) is 0 Å². The molecule has 2 rings (SSSR count). The highest BCUT2D eigenvalue weighted by atomic mass is 16.3. The Morgan fingerprint density at radius 3 is 1.95 bits per heavy atom. The van der Waals surface area contributed by atoms with Gasteiger partial charge in [-0.25, -0.2) is 0 Å². The number of aliphatic hydroxyl groups excluding tert-OH is 2. The molecule has 4 heteroatoms. The van der Waals surface area contributed by atoms with Gasteiger partial charge >= 0.3 is 0 Å². The second kappa shape index (κ2) is 6.84. The summed E-state index contributed by atoms with van der Waals surface area (Å²) in [5.41, 5.74) is 1.25. The summed E-state index contributed by atoms with van der Waals surface area (Å²) in [7, 11) is 0. The van der Waals surface area contributed by atoms with Crippen LogP contribution in [-0.2, 0) is 4.79 Å². The van der Waals surface area contributed by atoms with Gasteiger partial charge in [-0.2, -0.15) is 0 Å². The second-order valence-electron chi connectivity index (χ2n) is 4.48. The average Bonchev–Trinajstić information content (AvgIpc) is 2.53. The van der Waals surface area contributed by atoms with Gasteiger partial charge in [0.25, 0.3) is 5.91 Å². The van der Waals surface area contributed by atoms with Crippen molar-refractivity contribution in [1.29, 1.82) is 0 Å². The topological polar surface area (TPSA) is 69.6 Å². The molecule has 2 aromatic rings. The Hall–Kier alpha value is -2.17. The zero-order valence-electron chi connectivity index (χ0n) is 10.9. The van der Waals surface area contributed by atoms with Crippen molar-refractivity contribution in [3.05, 3.63) is 71.8 Å². The van der Waals surface area contributed by atoms with Crippen molar-refractivity contribution >= 4 is 5.91 Å². The van der Waals surface area contributed by atoms with Crippen LogP contribution in [0.15, 0.2) is 60.7 Å². The van der Waals surface area contributed by atoms with Gasteiger partial charge in [-0.05, 0) is 11.1 Å². The molecule has 0 unspecified atom stereocenters. The summed E-state index contributed by atoms with van der Waals surface area (Å²) in [4.78, 5) is 11.8. The van der Waals surface area contributed by atoms with Crippen LogP contribution in [-0.4, -0.2) is 22.7 Å². The predicted octanol–water partition coefficient (Wildman–Crippen LogP) is 1.57. The number of benzene rings is 2. The molecule has 0 spiro atoms. The van der Waals surface area contributed by atoms with Crippen LogP contribution in [0.1, 0.15) is 23.3 Å². The maximum absolute atomic E-state index is 11.8. The lowest BCUT2D eigenvalue weighted by Gasteiger charge is -2.15. The first-order chi connectivity index (χ1) is 9.68. The summed E-state index contributed by atoms with van der Waals surface area (Å²) in [5.74, 6) is -0.522. The highest BCUT2D eigenvalue weighted by Crippen LogP contribution is 2.14. The summed E-state index contributed by atoms with van der Waals surface area (Å²) in [5, 5.41) is 22.3. The van der Waals surface area contributed by atoms with E-state index >= 15 is 0 Å². The number of carbonyl (C=O) groups excluding carboxylic acids is 1. The molecule has 4 nitrogen and oxygen atoms in total. The van der Waals surface area contributed by atoms with Crippen molar-refractivity contribution in [1.82, 2.24) is 5.32 Å². The number of nitrogens with one attached hydrogen (secondary N) is 1. The Bertz CT molecular complexity index is 542. The van der Waals surface area contributed by atoms with E-state index in [1.165, 1.54) is 0 Å². The molecule has 0 aliphatic heterocycles. The maximum Gasteiger partial charge on any atom is 0.253 e. The first kappa shape index (κ1) is 14.2. The number of amides is 1. The van der Waals surface area contributed by atoms with Crippen molar-refractivity contribution in [3.8, 4) is 0 Å². The quantitative estimate of drug-likeness (QED) is 0.773. The zero-order chi connectivity index (χ0) is 14.4. The standard InChI is InChI=1S/C16H17NO3/c18-14(12-7-3-1-4-8-12)11-17-16(20)15(19)13-9-5-2-6-10-13/h1-10,14-15,18-19H,11H2,(H,17,20)/t14-,15+/m0/s1. The van der Waals surface area contributed by atoms with Gasteiger partial charge in [0.15, 0.2) is 6.10 Å². The van der Waals surface area contributed by atoms with Gasteiger partial charge in [-0.1, -0.05) is 60.7 Å². The van der Waals surface area contributed by atoms with E-state index in [1.807, 2.05) is 24.3 Å². The molecule has 0 saturated heterocycles. The van der Waals surface area contributed by atoms with Gasteiger partial charge in [-0.15, -0.1) is 0 Å². The Kier molecular flexibility index (Phi) is 4.87. The molecule has 20 heavy (non-hydrogen) atoms. The molecule has 0 fully saturated rings. The van der Waals surface area contributed by atoms with Crippen LogP contribution in [0, 0.1) is 0 Å². The highest BCUT2D eigenvalue weighted by Gasteiger charge is 2.18. The first-order valence-corrected chi connectivity index (χ1v) is 6.42. The van der Waals surface area contributed by atoms with Crippen LogP contribution in [0.2, 0.25) is 0 Å². The Morgan fingerprint density at radius 1 is 0.900 bits per heavy atom. The molecule has 0 aromatic heterocycles. The van der Waals surface area contributed by atoms with E-state index in [-0.39, 0.29) is 6.54 Å². The molecular formula is C16H17NO3. The lowest BCUT2D eigenvalue weighted by Crippen LogP contribution is -2.32. The van der Waals surface area contributed by atoms with Crippen LogP contribution in [0.3, 0.4) is 0 Å². The third-order valence-electron chi connectivity index (χ3n) is 3.02.